The fraction of sp³-hybridized carbons (Fsp3) is 0.182. The van der Waals surface area contributed by atoms with Gasteiger partial charge in [0.15, 0.2) is 0 Å². The van der Waals surface area contributed by atoms with Crippen LogP contribution in [0.25, 0.3) is 0 Å². The molecule has 2 aromatic rings. The van der Waals surface area contributed by atoms with E-state index in [-0.39, 0.29) is 15.9 Å². The predicted molar refractivity (Wildman–Crippen MR) is 75.0 cm³/mol. The fourth-order valence-electron chi connectivity index (χ4n) is 1.41. The zero-order chi connectivity index (χ0) is 14.0. The van der Waals surface area contributed by atoms with Gasteiger partial charge in [-0.3, -0.25) is 0 Å². The zero-order valence-electron chi connectivity index (χ0n) is 9.85. The zero-order valence-corrected chi connectivity index (χ0v) is 13.1. The van der Waals surface area contributed by atoms with Crippen molar-refractivity contribution in [3.05, 3.63) is 44.6 Å². The highest BCUT2D eigenvalue weighted by Gasteiger charge is 2.18. The number of benzene rings is 1. The van der Waals surface area contributed by atoms with Crippen LogP contribution in [0, 0.1) is 12.7 Å². The number of nitrogens with zero attached hydrogens (tertiary/aromatic N) is 1. The van der Waals surface area contributed by atoms with Crippen LogP contribution in [0.3, 0.4) is 0 Å². The van der Waals surface area contributed by atoms with E-state index < -0.39 is 15.8 Å². The monoisotopic (exact) mass is 364 g/mol. The quantitative estimate of drug-likeness (QED) is 0.907. The van der Waals surface area contributed by atoms with E-state index in [1.807, 2.05) is 6.92 Å². The molecular formula is C11H10BrFN2O2S2. The van der Waals surface area contributed by atoms with Crippen LogP contribution in [0.5, 0.6) is 0 Å². The number of halogens is 2. The van der Waals surface area contributed by atoms with E-state index in [2.05, 4.69) is 25.6 Å². The summed E-state index contributed by atoms with van der Waals surface area (Å²) < 4.78 is 39.7. The van der Waals surface area contributed by atoms with E-state index in [1.165, 1.54) is 17.4 Å². The van der Waals surface area contributed by atoms with Gasteiger partial charge >= 0.3 is 0 Å². The summed E-state index contributed by atoms with van der Waals surface area (Å²) in [5, 5.41) is 0.680. The Bertz CT molecular complexity index is 700. The summed E-state index contributed by atoms with van der Waals surface area (Å²) >= 11 is 4.46. The Morgan fingerprint density at radius 1 is 1.47 bits per heavy atom. The third-order valence-corrected chi connectivity index (χ3v) is 5.56. The van der Waals surface area contributed by atoms with Crippen LogP contribution in [-0.2, 0) is 16.6 Å². The molecule has 1 aromatic carbocycles. The molecule has 0 amide bonds. The number of nitrogens with one attached hydrogen (secondary N) is 1. The molecule has 1 heterocycles. The van der Waals surface area contributed by atoms with E-state index in [4.69, 9.17) is 0 Å². The molecule has 0 aliphatic carbocycles. The van der Waals surface area contributed by atoms with E-state index in [1.54, 1.807) is 6.20 Å². The molecule has 19 heavy (non-hydrogen) atoms. The van der Waals surface area contributed by atoms with Gasteiger partial charge in [0.1, 0.15) is 10.8 Å². The van der Waals surface area contributed by atoms with Crippen molar-refractivity contribution in [2.45, 2.75) is 18.4 Å². The molecule has 2 rings (SSSR count). The lowest BCUT2D eigenvalue weighted by molar-refractivity contribution is 0.579. The lowest BCUT2D eigenvalue weighted by Crippen LogP contribution is -2.23. The van der Waals surface area contributed by atoms with Gasteiger partial charge in [-0.15, -0.1) is 11.3 Å². The highest BCUT2D eigenvalue weighted by atomic mass is 79.9. The Hall–Kier alpha value is -0.830. The molecule has 0 aliphatic rings. The Kier molecular flexibility index (Phi) is 4.34. The number of aryl methyl sites for hydroxylation is 1. The first-order valence-electron chi connectivity index (χ1n) is 5.24. The second kappa shape index (κ2) is 5.66. The summed E-state index contributed by atoms with van der Waals surface area (Å²) in [6.45, 7) is 2.01. The fourth-order valence-corrected chi connectivity index (χ4v) is 4.26. The number of sulfonamides is 1. The molecule has 0 unspecified atom stereocenters. The van der Waals surface area contributed by atoms with Crippen molar-refractivity contribution in [1.82, 2.24) is 9.71 Å². The first-order valence-corrected chi connectivity index (χ1v) is 8.34. The lowest BCUT2D eigenvalue weighted by atomic mass is 10.3. The molecule has 1 aromatic heterocycles. The second-order valence-electron chi connectivity index (χ2n) is 3.76. The number of aromatic nitrogens is 1. The van der Waals surface area contributed by atoms with Gasteiger partial charge in [0.2, 0.25) is 10.0 Å². The molecule has 0 saturated carbocycles. The first-order chi connectivity index (χ1) is 8.88. The van der Waals surface area contributed by atoms with Crippen molar-refractivity contribution >= 4 is 37.3 Å². The Balaban J connectivity index is 2.18. The van der Waals surface area contributed by atoms with E-state index in [9.17, 15) is 12.8 Å². The Morgan fingerprint density at radius 2 is 2.21 bits per heavy atom. The van der Waals surface area contributed by atoms with Crippen molar-refractivity contribution in [2.75, 3.05) is 0 Å². The number of rotatable bonds is 4. The van der Waals surface area contributed by atoms with Crippen LogP contribution in [0.2, 0.25) is 0 Å². The van der Waals surface area contributed by atoms with Crippen LogP contribution in [0.15, 0.2) is 33.8 Å². The molecule has 0 radical (unpaired) electrons. The minimum atomic E-state index is -3.69. The second-order valence-corrected chi connectivity index (χ2v) is 7.67. The standard InChI is InChI=1S/C11H10BrFN2O2S2/c1-7-5-14-11(18-7)6-15-19(16,17)10-3-2-8(13)4-9(10)12/h2-5,15H,6H2,1H3. The van der Waals surface area contributed by atoms with Gasteiger partial charge in [-0.1, -0.05) is 0 Å². The molecule has 0 saturated heterocycles. The van der Waals surface area contributed by atoms with Crippen LogP contribution in [-0.4, -0.2) is 13.4 Å². The number of thiazole rings is 1. The molecule has 0 spiro atoms. The van der Waals surface area contributed by atoms with Gasteiger partial charge in [0, 0.05) is 15.5 Å². The minimum absolute atomic E-state index is 0.00202. The van der Waals surface area contributed by atoms with Crippen LogP contribution < -0.4 is 4.72 Å². The third kappa shape index (κ3) is 3.59. The SMILES string of the molecule is Cc1cnc(CNS(=O)(=O)c2ccc(F)cc2Br)s1. The van der Waals surface area contributed by atoms with Crippen molar-refractivity contribution < 1.29 is 12.8 Å². The van der Waals surface area contributed by atoms with Crippen molar-refractivity contribution in [2.24, 2.45) is 0 Å². The molecule has 0 aliphatic heterocycles. The molecule has 0 atom stereocenters. The average molecular weight is 365 g/mol. The maximum absolute atomic E-state index is 12.9. The van der Waals surface area contributed by atoms with E-state index in [0.29, 0.717) is 5.01 Å². The summed E-state index contributed by atoms with van der Waals surface area (Å²) in [7, 11) is -3.69. The van der Waals surface area contributed by atoms with E-state index >= 15 is 0 Å². The van der Waals surface area contributed by atoms with Crippen molar-refractivity contribution in [3.63, 3.8) is 0 Å². The highest BCUT2D eigenvalue weighted by Crippen LogP contribution is 2.23. The lowest BCUT2D eigenvalue weighted by Gasteiger charge is -2.07. The Labute approximate surface area is 122 Å². The largest absolute Gasteiger partial charge is 0.248 e. The van der Waals surface area contributed by atoms with Gasteiger partial charge in [0.05, 0.1) is 11.4 Å². The summed E-state index contributed by atoms with van der Waals surface area (Å²) in [5.74, 6) is -0.499. The van der Waals surface area contributed by atoms with Crippen molar-refractivity contribution in [3.8, 4) is 0 Å². The molecule has 4 nitrogen and oxygen atoms in total. The minimum Gasteiger partial charge on any atom is -0.248 e. The maximum Gasteiger partial charge on any atom is 0.242 e. The summed E-state index contributed by atoms with van der Waals surface area (Å²) in [4.78, 5) is 5.08. The van der Waals surface area contributed by atoms with Gasteiger partial charge in [-0.05, 0) is 41.1 Å². The van der Waals surface area contributed by atoms with Crippen LogP contribution >= 0.6 is 27.3 Å². The predicted octanol–water partition coefficient (Wildman–Crippen LogP) is 2.83. The first kappa shape index (κ1) is 14.6. The van der Waals surface area contributed by atoms with Crippen LogP contribution in [0.1, 0.15) is 9.88 Å². The number of hydrogen-bond acceptors (Lipinski definition) is 4. The molecule has 8 heteroatoms. The highest BCUT2D eigenvalue weighted by molar-refractivity contribution is 9.10. The smallest absolute Gasteiger partial charge is 0.242 e. The average Bonchev–Trinajstić information content (AvgIpc) is 2.72. The summed E-state index contributed by atoms with van der Waals surface area (Å²) in [6.07, 6.45) is 1.68. The normalized spacial score (nSPS) is 11.7. The van der Waals surface area contributed by atoms with Gasteiger partial charge in [-0.2, -0.15) is 0 Å². The van der Waals surface area contributed by atoms with Gasteiger partial charge in [0.25, 0.3) is 0 Å². The maximum atomic E-state index is 12.9. The molecule has 0 fully saturated rings. The Morgan fingerprint density at radius 3 is 2.79 bits per heavy atom. The number of hydrogen-bond donors (Lipinski definition) is 1. The third-order valence-electron chi connectivity index (χ3n) is 2.27. The molecular weight excluding hydrogens is 355 g/mol. The molecule has 0 bridgehead atoms. The summed E-state index contributed by atoms with van der Waals surface area (Å²) in [5.41, 5.74) is 0. The van der Waals surface area contributed by atoms with Gasteiger partial charge in [-0.25, -0.2) is 22.5 Å². The van der Waals surface area contributed by atoms with Crippen molar-refractivity contribution in [1.29, 1.82) is 0 Å². The topological polar surface area (TPSA) is 59.1 Å². The molecule has 102 valence electrons. The molecule has 1 N–H and O–H groups in total. The summed E-state index contributed by atoms with van der Waals surface area (Å²) in [6, 6.07) is 3.43. The van der Waals surface area contributed by atoms with E-state index in [0.717, 1.165) is 17.0 Å². The van der Waals surface area contributed by atoms with Crippen LogP contribution in [0.4, 0.5) is 4.39 Å². The van der Waals surface area contributed by atoms with Gasteiger partial charge < -0.3 is 0 Å².